The van der Waals surface area contributed by atoms with E-state index in [9.17, 15) is 4.79 Å². The van der Waals surface area contributed by atoms with E-state index in [1.54, 1.807) is 6.07 Å². The van der Waals surface area contributed by atoms with Gasteiger partial charge in [0.15, 0.2) is 4.67 Å². The first-order valence-corrected chi connectivity index (χ1v) is 6.60. The number of carbonyl (C=O) groups excluding carboxylic acids is 1. The standard InChI is InChI=1S/C14H14BrNO2/c1-2-12(10-6-4-3-5-7-10)16-14(17)11-8-9-18-13(11)15/h3-9,12H,2H2,1H3,(H,16,17). The fourth-order valence-corrected chi connectivity index (χ4v) is 2.22. The second-order valence-electron chi connectivity index (χ2n) is 3.95. The zero-order chi connectivity index (χ0) is 13.0. The van der Waals surface area contributed by atoms with E-state index in [1.807, 2.05) is 37.3 Å². The number of rotatable bonds is 4. The minimum atomic E-state index is -0.133. The van der Waals surface area contributed by atoms with Crippen molar-refractivity contribution in [3.8, 4) is 0 Å². The van der Waals surface area contributed by atoms with Crippen LogP contribution < -0.4 is 5.32 Å². The number of nitrogens with one attached hydrogen (secondary N) is 1. The molecule has 0 aliphatic rings. The fraction of sp³-hybridized carbons (Fsp3) is 0.214. The second-order valence-corrected chi connectivity index (χ2v) is 4.67. The molecule has 0 fully saturated rings. The minimum absolute atomic E-state index is 0.0144. The van der Waals surface area contributed by atoms with E-state index in [4.69, 9.17) is 4.42 Å². The van der Waals surface area contributed by atoms with Crippen molar-refractivity contribution >= 4 is 21.8 Å². The molecule has 1 heterocycles. The molecular formula is C14H14BrNO2. The highest BCUT2D eigenvalue weighted by molar-refractivity contribution is 9.10. The Bertz CT molecular complexity index is 522. The van der Waals surface area contributed by atoms with Gasteiger partial charge in [-0.3, -0.25) is 4.79 Å². The fourth-order valence-electron chi connectivity index (χ4n) is 1.80. The monoisotopic (exact) mass is 307 g/mol. The lowest BCUT2D eigenvalue weighted by molar-refractivity contribution is 0.0934. The summed E-state index contributed by atoms with van der Waals surface area (Å²) in [5.74, 6) is -0.133. The van der Waals surface area contributed by atoms with Crippen LogP contribution in [0.25, 0.3) is 0 Å². The molecule has 0 aliphatic carbocycles. The zero-order valence-corrected chi connectivity index (χ0v) is 11.6. The first kappa shape index (κ1) is 12.9. The average Bonchev–Trinajstić information content (AvgIpc) is 2.83. The van der Waals surface area contributed by atoms with Gasteiger partial charge in [-0.15, -0.1) is 0 Å². The Balaban J connectivity index is 2.13. The van der Waals surface area contributed by atoms with Crippen LogP contribution in [-0.4, -0.2) is 5.91 Å². The van der Waals surface area contributed by atoms with E-state index in [0.717, 1.165) is 12.0 Å². The third-order valence-electron chi connectivity index (χ3n) is 2.78. The molecule has 2 rings (SSSR count). The topological polar surface area (TPSA) is 42.2 Å². The molecule has 1 N–H and O–H groups in total. The van der Waals surface area contributed by atoms with E-state index < -0.39 is 0 Å². The van der Waals surface area contributed by atoms with Gasteiger partial charge < -0.3 is 9.73 Å². The molecule has 2 aromatic rings. The maximum Gasteiger partial charge on any atom is 0.256 e. The summed E-state index contributed by atoms with van der Waals surface area (Å²) in [6.45, 7) is 2.04. The summed E-state index contributed by atoms with van der Waals surface area (Å²) in [6, 6.07) is 11.6. The number of furan rings is 1. The lowest BCUT2D eigenvalue weighted by Gasteiger charge is -2.17. The maximum atomic E-state index is 12.1. The van der Waals surface area contributed by atoms with Gasteiger partial charge in [-0.05, 0) is 34.0 Å². The van der Waals surface area contributed by atoms with Crippen LogP contribution in [0.1, 0.15) is 35.3 Å². The van der Waals surface area contributed by atoms with E-state index in [0.29, 0.717) is 10.2 Å². The van der Waals surface area contributed by atoms with Crippen molar-refractivity contribution in [2.24, 2.45) is 0 Å². The van der Waals surface area contributed by atoms with E-state index in [-0.39, 0.29) is 11.9 Å². The molecule has 1 aromatic carbocycles. The predicted molar refractivity (Wildman–Crippen MR) is 73.3 cm³/mol. The average molecular weight is 308 g/mol. The smallest absolute Gasteiger partial charge is 0.256 e. The quantitative estimate of drug-likeness (QED) is 0.930. The molecule has 1 unspecified atom stereocenters. The Morgan fingerprint density at radius 1 is 1.33 bits per heavy atom. The van der Waals surface area contributed by atoms with Gasteiger partial charge in [0, 0.05) is 0 Å². The maximum absolute atomic E-state index is 12.1. The highest BCUT2D eigenvalue weighted by Crippen LogP contribution is 2.20. The molecule has 0 saturated heterocycles. The molecular weight excluding hydrogens is 294 g/mol. The Morgan fingerprint density at radius 2 is 2.06 bits per heavy atom. The van der Waals surface area contributed by atoms with Crippen molar-refractivity contribution in [3.05, 3.63) is 58.5 Å². The molecule has 0 radical (unpaired) electrons. The summed E-state index contributed by atoms with van der Waals surface area (Å²) < 4.78 is 5.52. The van der Waals surface area contributed by atoms with Gasteiger partial charge in [0.25, 0.3) is 5.91 Å². The SMILES string of the molecule is CCC(NC(=O)c1ccoc1Br)c1ccccc1. The van der Waals surface area contributed by atoms with Gasteiger partial charge in [0.05, 0.1) is 17.9 Å². The van der Waals surface area contributed by atoms with Crippen molar-refractivity contribution in [1.82, 2.24) is 5.32 Å². The minimum Gasteiger partial charge on any atom is -0.457 e. The number of amides is 1. The zero-order valence-electron chi connectivity index (χ0n) is 10.0. The number of hydrogen-bond donors (Lipinski definition) is 1. The van der Waals surface area contributed by atoms with Crippen LogP contribution in [0.5, 0.6) is 0 Å². The summed E-state index contributed by atoms with van der Waals surface area (Å²) in [5, 5.41) is 3.00. The van der Waals surface area contributed by atoms with Crippen molar-refractivity contribution in [1.29, 1.82) is 0 Å². The van der Waals surface area contributed by atoms with Crippen LogP contribution in [0.2, 0.25) is 0 Å². The molecule has 0 spiro atoms. The van der Waals surface area contributed by atoms with Gasteiger partial charge in [-0.25, -0.2) is 0 Å². The van der Waals surface area contributed by atoms with Gasteiger partial charge in [-0.2, -0.15) is 0 Å². The highest BCUT2D eigenvalue weighted by Gasteiger charge is 2.17. The van der Waals surface area contributed by atoms with Crippen molar-refractivity contribution in [2.75, 3.05) is 0 Å². The molecule has 0 saturated carbocycles. The summed E-state index contributed by atoms with van der Waals surface area (Å²) >= 11 is 3.21. The molecule has 3 nitrogen and oxygen atoms in total. The van der Waals surface area contributed by atoms with Crippen molar-refractivity contribution in [3.63, 3.8) is 0 Å². The molecule has 1 amide bonds. The third-order valence-corrected chi connectivity index (χ3v) is 3.39. The summed E-state index contributed by atoms with van der Waals surface area (Å²) in [7, 11) is 0. The number of benzene rings is 1. The predicted octanol–water partition coefficient (Wildman–Crippen LogP) is 3.92. The normalized spacial score (nSPS) is 12.1. The van der Waals surface area contributed by atoms with E-state index >= 15 is 0 Å². The Hall–Kier alpha value is -1.55. The summed E-state index contributed by atoms with van der Waals surface area (Å²) in [5.41, 5.74) is 1.62. The van der Waals surface area contributed by atoms with Crippen molar-refractivity contribution < 1.29 is 9.21 Å². The molecule has 4 heteroatoms. The first-order chi connectivity index (χ1) is 8.72. The largest absolute Gasteiger partial charge is 0.457 e. The lowest BCUT2D eigenvalue weighted by atomic mass is 10.0. The van der Waals surface area contributed by atoms with Crippen LogP contribution in [-0.2, 0) is 0 Å². The van der Waals surface area contributed by atoms with Gasteiger partial charge in [-0.1, -0.05) is 37.3 Å². The Morgan fingerprint density at radius 3 is 2.61 bits per heavy atom. The van der Waals surface area contributed by atoms with Crippen LogP contribution in [0, 0.1) is 0 Å². The van der Waals surface area contributed by atoms with Crippen LogP contribution >= 0.6 is 15.9 Å². The van der Waals surface area contributed by atoms with Gasteiger partial charge in [0.2, 0.25) is 0 Å². The van der Waals surface area contributed by atoms with Crippen molar-refractivity contribution in [2.45, 2.75) is 19.4 Å². The molecule has 0 bridgehead atoms. The lowest BCUT2D eigenvalue weighted by Crippen LogP contribution is -2.28. The van der Waals surface area contributed by atoms with Gasteiger partial charge in [0.1, 0.15) is 0 Å². The summed E-state index contributed by atoms with van der Waals surface area (Å²) in [4.78, 5) is 12.1. The first-order valence-electron chi connectivity index (χ1n) is 5.81. The molecule has 18 heavy (non-hydrogen) atoms. The highest BCUT2D eigenvalue weighted by atomic mass is 79.9. The van der Waals surface area contributed by atoms with Crippen LogP contribution in [0.4, 0.5) is 0 Å². The van der Waals surface area contributed by atoms with Gasteiger partial charge >= 0.3 is 0 Å². The molecule has 94 valence electrons. The Labute approximate surface area is 114 Å². The van der Waals surface area contributed by atoms with Crippen LogP contribution in [0.3, 0.4) is 0 Å². The van der Waals surface area contributed by atoms with E-state index in [1.165, 1.54) is 6.26 Å². The van der Waals surface area contributed by atoms with Crippen LogP contribution in [0.15, 0.2) is 51.7 Å². The third kappa shape index (κ3) is 2.82. The molecule has 1 aromatic heterocycles. The number of hydrogen-bond acceptors (Lipinski definition) is 2. The second kappa shape index (κ2) is 5.87. The number of halogens is 1. The molecule has 1 atom stereocenters. The van der Waals surface area contributed by atoms with E-state index in [2.05, 4.69) is 21.2 Å². The number of carbonyl (C=O) groups is 1. The molecule has 0 aliphatic heterocycles. The summed E-state index contributed by atoms with van der Waals surface area (Å²) in [6.07, 6.45) is 2.33. The Kier molecular flexibility index (Phi) is 4.20.